The summed E-state index contributed by atoms with van der Waals surface area (Å²) in [6.07, 6.45) is 2.89. The van der Waals surface area contributed by atoms with Crippen molar-refractivity contribution >= 4 is 11.8 Å². The third kappa shape index (κ3) is 4.82. The van der Waals surface area contributed by atoms with Crippen LogP contribution in [0, 0.1) is 5.92 Å². The van der Waals surface area contributed by atoms with Gasteiger partial charge >= 0.3 is 0 Å². The van der Waals surface area contributed by atoms with E-state index in [4.69, 9.17) is 5.73 Å². The molecular formula is C14H27N3O2. The van der Waals surface area contributed by atoms with Gasteiger partial charge in [-0.1, -0.05) is 20.3 Å². The van der Waals surface area contributed by atoms with E-state index in [0.717, 1.165) is 25.9 Å². The Bertz CT molecular complexity index is 303. The second kappa shape index (κ2) is 8.15. The SMILES string of the molecule is CCC(=O)N1CCCN(C(=O)CC(CC)CN)CC1. The molecule has 0 aromatic heterocycles. The number of amides is 2. The van der Waals surface area contributed by atoms with Gasteiger partial charge in [-0.05, 0) is 18.9 Å². The lowest BCUT2D eigenvalue weighted by Crippen LogP contribution is -2.38. The number of nitrogens with zero attached hydrogens (tertiary/aromatic N) is 2. The van der Waals surface area contributed by atoms with Crippen LogP contribution >= 0.6 is 0 Å². The lowest BCUT2D eigenvalue weighted by Gasteiger charge is -2.23. The molecule has 1 saturated heterocycles. The van der Waals surface area contributed by atoms with Crippen LogP contribution in [-0.2, 0) is 9.59 Å². The Morgan fingerprint density at radius 1 is 1.05 bits per heavy atom. The molecule has 5 heteroatoms. The summed E-state index contributed by atoms with van der Waals surface area (Å²) < 4.78 is 0. The molecule has 1 atom stereocenters. The number of carbonyl (C=O) groups excluding carboxylic acids is 2. The Morgan fingerprint density at radius 3 is 2.11 bits per heavy atom. The zero-order valence-corrected chi connectivity index (χ0v) is 12.2. The largest absolute Gasteiger partial charge is 0.341 e. The summed E-state index contributed by atoms with van der Waals surface area (Å²) >= 11 is 0. The predicted molar refractivity (Wildman–Crippen MR) is 75.5 cm³/mol. The molecule has 1 rings (SSSR count). The Hall–Kier alpha value is -1.10. The van der Waals surface area contributed by atoms with Gasteiger partial charge in [-0.25, -0.2) is 0 Å². The number of rotatable bonds is 5. The summed E-state index contributed by atoms with van der Waals surface area (Å²) in [5.74, 6) is 0.648. The monoisotopic (exact) mass is 269 g/mol. The zero-order chi connectivity index (χ0) is 14.3. The first kappa shape index (κ1) is 16.0. The molecule has 1 aliphatic heterocycles. The number of hydrogen-bond acceptors (Lipinski definition) is 3. The van der Waals surface area contributed by atoms with Gasteiger partial charge in [0.1, 0.15) is 0 Å². The van der Waals surface area contributed by atoms with E-state index in [1.807, 2.05) is 16.7 Å². The molecule has 0 aliphatic carbocycles. The van der Waals surface area contributed by atoms with Crippen LogP contribution in [0.2, 0.25) is 0 Å². The minimum absolute atomic E-state index is 0.183. The normalized spacial score (nSPS) is 18.1. The predicted octanol–water partition coefficient (Wildman–Crippen LogP) is 0.832. The molecule has 0 bridgehead atoms. The van der Waals surface area contributed by atoms with Crippen LogP contribution in [0.1, 0.15) is 39.5 Å². The summed E-state index contributed by atoms with van der Waals surface area (Å²) in [5.41, 5.74) is 5.65. The minimum atomic E-state index is 0.183. The average Bonchev–Trinajstić information content (AvgIpc) is 2.69. The molecule has 1 aliphatic rings. The summed E-state index contributed by atoms with van der Waals surface area (Å²) in [5, 5.41) is 0. The van der Waals surface area contributed by atoms with Crippen molar-refractivity contribution in [1.29, 1.82) is 0 Å². The van der Waals surface area contributed by atoms with E-state index in [1.165, 1.54) is 0 Å². The summed E-state index contributed by atoms with van der Waals surface area (Å²) in [6.45, 7) is 7.36. The second-order valence-electron chi connectivity index (χ2n) is 5.18. The molecule has 0 aromatic carbocycles. The highest BCUT2D eigenvalue weighted by Crippen LogP contribution is 2.11. The van der Waals surface area contributed by atoms with Crippen LogP contribution in [-0.4, -0.2) is 54.3 Å². The third-order valence-electron chi connectivity index (χ3n) is 3.88. The van der Waals surface area contributed by atoms with Crippen LogP contribution < -0.4 is 5.73 Å². The highest BCUT2D eigenvalue weighted by Gasteiger charge is 2.22. The molecule has 2 amide bonds. The van der Waals surface area contributed by atoms with Crippen molar-refractivity contribution < 1.29 is 9.59 Å². The maximum absolute atomic E-state index is 12.2. The van der Waals surface area contributed by atoms with Gasteiger partial charge in [-0.15, -0.1) is 0 Å². The molecular weight excluding hydrogens is 242 g/mol. The molecule has 19 heavy (non-hydrogen) atoms. The van der Waals surface area contributed by atoms with Crippen LogP contribution in [0.25, 0.3) is 0 Å². The van der Waals surface area contributed by atoms with Crippen molar-refractivity contribution in [1.82, 2.24) is 9.80 Å². The first-order chi connectivity index (χ1) is 9.12. The number of carbonyl (C=O) groups is 2. The average molecular weight is 269 g/mol. The number of hydrogen-bond donors (Lipinski definition) is 1. The molecule has 0 radical (unpaired) electrons. The molecule has 1 heterocycles. The first-order valence-corrected chi connectivity index (χ1v) is 7.37. The van der Waals surface area contributed by atoms with Gasteiger partial charge < -0.3 is 15.5 Å². The van der Waals surface area contributed by atoms with E-state index >= 15 is 0 Å². The molecule has 1 fully saturated rings. The maximum atomic E-state index is 12.2. The lowest BCUT2D eigenvalue weighted by molar-refractivity contribution is -0.134. The van der Waals surface area contributed by atoms with Crippen molar-refractivity contribution in [3.63, 3.8) is 0 Å². The van der Waals surface area contributed by atoms with Crippen LogP contribution in [0.15, 0.2) is 0 Å². The fourth-order valence-corrected chi connectivity index (χ4v) is 2.41. The van der Waals surface area contributed by atoms with E-state index in [2.05, 4.69) is 6.92 Å². The smallest absolute Gasteiger partial charge is 0.222 e. The van der Waals surface area contributed by atoms with Crippen molar-refractivity contribution in [3.05, 3.63) is 0 Å². The molecule has 0 saturated carbocycles. The maximum Gasteiger partial charge on any atom is 0.222 e. The van der Waals surface area contributed by atoms with Crippen LogP contribution in [0.4, 0.5) is 0 Å². The van der Waals surface area contributed by atoms with Gasteiger partial charge in [0.2, 0.25) is 11.8 Å². The molecule has 110 valence electrons. The molecule has 0 spiro atoms. The zero-order valence-electron chi connectivity index (χ0n) is 12.2. The van der Waals surface area contributed by atoms with Gasteiger partial charge in [0.25, 0.3) is 0 Å². The second-order valence-corrected chi connectivity index (χ2v) is 5.18. The van der Waals surface area contributed by atoms with Crippen molar-refractivity contribution in [2.75, 3.05) is 32.7 Å². The topological polar surface area (TPSA) is 66.6 Å². The highest BCUT2D eigenvalue weighted by molar-refractivity contribution is 5.77. The van der Waals surface area contributed by atoms with Crippen molar-refractivity contribution in [3.8, 4) is 0 Å². The van der Waals surface area contributed by atoms with E-state index < -0.39 is 0 Å². The van der Waals surface area contributed by atoms with Gasteiger partial charge in [-0.2, -0.15) is 0 Å². The van der Waals surface area contributed by atoms with Crippen molar-refractivity contribution in [2.24, 2.45) is 11.7 Å². The van der Waals surface area contributed by atoms with E-state index in [9.17, 15) is 9.59 Å². The third-order valence-corrected chi connectivity index (χ3v) is 3.88. The molecule has 5 nitrogen and oxygen atoms in total. The first-order valence-electron chi connectivity index (χ1n) is 7.37. The van der Waals surface area contributed by atoms with Gasteiger partial charge in [0.15, 0.2) is 0 Å². The van der Waals surface area contributed by atoms with Gasteiger partial charge in [-0.3, -0.25) is 9.59 Å². The lowest BCUT2D eigenvalue weighted by atomic mass is 10.0. The Balaban J connectivity index is 2.48. The summed E-state index contributed by atoms with van der Waals surface area (Å²) in [4.78, 5) is 27.6. The minimum Gasteiger partial charge on any atom is -0.341 e. The van der Waals surface area contributed by atoms with Crippen LogP contribution in [0.3, 0.4) is 0 Å². The fourth-order valence-electron chi connectivity index (χ4n) is 2.41. The highest BCUT2D eigenvalue weighted by atomic mass is 16.2. The van der Waals surface area contributed by atoms with E-state index in [1.54, 1.807) is 0 Å². The van der Waals surface area contributed by atoms with Crippen molar-refractivity contribution in [2.45, 2.75) is 39.5 Å². The Labute approximate surface area is 116 Å². The van der Waals surface area contributed by atoms with Gasteiger partial charge in [0, 0.05) is 39.0 Å². The standard InChI is InChI=1S/C14H27N3O2/c1-3-12(11-15)10-14(19)17-7-5-6-16(8-9-17)13(18)4-2/h12H,3-11,15H2,1-2H3. The van der Waals surface area contributed by atoms with E-state index in [0.29, 0.717) is 32.5 Å². The van der Waals surface area contributed by atoms with Gasteiger partial charge in [0.05, 0.1) is 0 Å². The number of nitrogens with two attached hydrogens (primary N) is 1. The quantitative estimate of drug-likeness (QED) is 0.804. The molecule has 2 N–H and O–H groups in total. The summed E-state index contributed by atoms with van der Waals surface area (Å²) in [7, 11) is 0. The molecule has 0 aromatic rings. The van der Waals surface area contributed by atoms with Crippen LogP contribution in [0.5, 0.6) is 0 Å². The molecule has 1 unspecified atom stereocenters. The fraction of sp³-hybridized carbons (Fsp3) is 0.857. The Morgan fingerprint density at radius 2 is 1.63 bits per heavy atom. The summed E-state index contributed by atoms with van der Waals surface area (Å²) in [6, 6.07) is 0. The van der Waals surface area contributed by atoms with E-state index in [-0.39, 0.29) is 17.7 Å². The Kier molecular flexibility index (Phi) is 6.84.